The van der Waals surface area contributed by atoms with Gasteiger partial charge in [-0.3, -0.25) is 4.79 Å². The van der Waals surface area contributed by atoms with Gasteiger partial charge in [-0.05, 0) is 35.4 Å². The lowest BCUT2D eigenvalue weighted by Gasteiger charge is -2.14. The Morgan fingerprint density at radius 1 is 1.04 bits per heavy atom. The second kappa shape index (κ2) is 8.03. The first-order valence-electron chi connectivity index (χ1n) is 6.73. The fourth-order valence-electron chi connectivity index (χ4n) is 2.05. The van der Waals surface area contributed by atoms with Crippen molar-refractivity contribution in [2.45, 2.75) is 19.3 Å². The predicted molar refractivity (Wildman–Crippen MR) is 87.1 cm³/mol. The molecule has 1 amide bonds. The third-order valence-corrected chi connectivity index (χ3v) is 3.06. The van der Waals surface area contributed by atoms with Gasteiger partial charge in [0.25, 0.3) is 0 Å². The molecule has 0 aliphatic rings. The lowest BCUT2D eigenvalue weighted by atomic mass is 9.99. The number of hydrogen-bond donors (Lipinski definition) is 2. The summed E-state index contributed by atoms with van der Waals surface area (Å²) in [7, 11) is 0. The quantitative estimate of drug-likeness (QED) is 0.865. The number of carbonyl (C=O) groups excluding carboxylic acids is 1. The SMILES string of the molecule is CC(=O)Nc1ccc([C@H](N)c2ccc(OC(F)(F)F)cc2)cc1.Cl. The molecular formula is C16H16ClF3N2O2. The number of ether oxygens (including phenoxy) is 1. The van der Waals surface area contributed by atoms with Gasteiger partial charge in [-0.1, -0.05) is 24.3 Å². The number of alkyl halides is 3. The van der Waals surface area contributed by atoms with Gasteiger partial charge in [0.2, 0.25) is 5.91 Å². The molecule has 0 bridgehead atoms. The van der Waals surface area contributed by atoms with Gasteiger partial charge in [0.1, 0.15) is 5.75 Å². The highest BCUT2D eigenvalue weighted by molar-refractivity contribution is 5.88. The molecule has 0 heterocycles. The molecule has 0 spiro atoms. The minimum Gasteiger partial charge on any atom is -0.406 e. The molecule has 1 atom stereocenters. The number of anilines is 1. The molecule has 2 rings (SSSR count). The van der Waals surface area contributed by atoms with E-state index in [1.165, 1.54) is 31.2 Å². The smallest absolute Gasteiger partial charge is 0.406 e. The zero-order chi connectivity index (χ0) is 17.0. The van der Waals surface area contributed by atoms with Crippen molar-refractivity contribution in [3.05, 3.63) is 59.7 Å². The highest BCUT2D eigenvalue weighted by atomic mass is 35.5. The van der Waals surface area contributed by atoms with Gasteiger partial charge in [-0.2, -0.15) is 0 Å². The summed E-state index contributed by atoms with van der Waals surface area (Å²) in [5, 5.41) is 2.64. The number of benzene rings is 2. The first-order valence-corrected chi connectivity index (χ1v) is 6.73. The summed E-state index contributed by atoms with van der Waals surface area (Å²) in [5.41, 5.74) is 8.15. The van der Waals surface area contributed by atoms with Gasteiger partial charge in [-0.15, -0.1) is 25.6 Å². The van der Waals surface area contributed by atoms with Crippen LogP contribution in [-0.4, -0.2) is 12.3 Å². The average molecular weight is 361 g/mol. The van der Waals surface area contributed by atoms with Crippen LogP contribution in [0.1, 0.15) is 24.1 Å². The van der Waals surface area contributed by atoms with Crippen LogP contribution < -0.4 is 15.8 Å². The van der Waals surface area contributed by atoms with E-state index in [0.717, 1.165) is 5.56 Å². The van der Waals surface area contributed by atoms with Crippen LogP contribution in [0.4, 0.5) is 18.9 Å². The number of halogens is 4. The molecule has 24 heavy (non-hydrogen) atoms. The number of rotatable bonds is 4. The average Bonchev–Trinajstić information content (AvgIpc) is 2.46. The van der Waals surface area contributed by atoms with E-state index in [9.17, 15) is 18.0 Å². The van der Waals surface area contributed by atoms with Crippen molar-refractivity contribution in [3.8, 4) is 5.75 Å². The molecule has 8 heteroatoms. The molecule has 3 N–H and O–H groups in total. The number of amides is 1. The van der Waals surface area contributed by atoms with E-state index in [1.54, 1.807) is 24.3 Å². The molecule has 0 aromatic heterocycles. The van der Waals surface area contributed by atoms with Crippen LogP contribution in [0.3, 0.4) is 0 Å². The summed E-state index contributed by atoms with van der Waals surface area (Å²) < 4.78 is 40.2. The topological polar surface area (TPSA) is 64.4 Å². The maximum atomic E-state index is 12.1. The van der Waals surface area contributed by atoms with Gasteiger partial charge in [0, 0.05) is 12.6 Å². The summed E-state index contributed by atoms with van der Waals surface area (Å²) in [6.07, 6.45) is -4.72. The van der Waals surface area contributed by atoms with Gasteiger partial charge in [-0.25, -0.2) is 0 Å². The van der Waals surface area contributed by atoms with E-state index >= 15 is 0 Å². The third-order valence-electron chi connectivity index (χ3n) is 3.06. The zero-order valence-corrected chi connectivity index (χ0v) is 13.4. The molecule has 0 aliphatic carbocycles. The Kier molecular flexibility index (Phi) is 6.62. The molecule has 0 radical (unpaired) electrons. The molecule has 2 aromatic rings. The molecule has 0 unspecified atom stereocenters. The minimum absolute atomic E-state index is 0. The largest absolute Gasteiger partial charge is 0.573 e. The Balaban J connectivity index is 0.00000288. The molecular weight excluding hydrogens is 345 g/mol. The fraction of sp³-hybridized carbons (Fsp3) is 0.188. The number of nitrogens with two attached hydrogens (primary N) is 1. The van der Waals surface area contributed by atoms with Crippen molar-refractivity contribution in [1.29, 1.82) is 0 Å². The molecule has 4 nitrogen and oxygen atoms in total. The zero-order valence-electron chi connectivity index (χ0n) is 12.6. The van der Waals surface area contributed by atoms with Gasteiger partial charge in [0.05, 0.1) is 6.04 Å². The first-order chi connectivity index (χ1) is 10.7. The highest BCUT2D eigenvalue weighted by Crippen LogP contribution is 2.26. The lowest BCUT2D eigenvalue weighted by molar-refractivity contribution is -0.274. The summed E-state index contributed by atoms with van der Waals surface area (Å²) in [4.78, 5) is 11.0. The van der Waals surface area contributed by atoms with Crippen LogP contribution in [0.2, 0.25) is 0 Å². The number of hydrogen-bond acceptors (Lipinski definition) is 3. The van der Waals surface area contributed by atoms with Gasteiger partial charge < -0.3 is 15.8 Å². The first kappa shape index (κ1) is 19.8. The van der Waals surface area contributed by atoms with Crippen LogP contribution in [-0.2, 0) is 4.79 Å². The third kappa shape index (κ3) is 5.75. The normalized spacial score (nSPS) is 12.0. The molecule has 0 saturated heterocycles. The van der Waals surface area contributed by atoms with Crippen LogP contribution in [0.5, 0.6) is 5.75 Å². The second-order valence-corrected chi connectivity index (χ2v) is 4.90. The van der Waals surface area contributed by atoms with Crippen molar-refractivity contribution in [2.75, 3.05) is 5.32 Å². The lowest BCUT2D eigenvalue weighted by Crippen LogP contribution is -2.17. The Morgan fingerprint density at radius 2 is 1.50 bits per heavy atom. The summed E-state index contributed by atoms with van der Waals surface area (Å²) >= 11 is 0. The standard InChI is InChI=1S/C16H15F3N2O2.ClH/c1-10(22)21-13-6-2-11(3-7-13)15(20)12-4-8-14(9-5-12)23-16(17,18)19;/h2-9,15H,20H2,1H3,(H,21,22);1H/t15-;/m0./s1. The molecule has 0 fully saturated rings. The summed E-state index contributed by atoms with van der Waals surface area (Å²) in [6, 6.07) is 11.8. The van der Waals surface area contributed by atoms with Crippen molar-refractivity contribution in [2.24, 2.45) is 5.73 Å². The van der Waals surface area contributed by atoms with Gasteiger partial charge in [0.15, 0.2) is 0 Å². The van der Waals surface area contributed by atoms with Crippen molar-refractivity contribution in [3.63, 3.8) is 0 Å². The number of nitrogens with one attached hydrogen (secondary N) is 1. The molecule has 130 valence electrons. The van der Waals surface area contributed by atoms with E-state index in [1.807, 2.05) is 0 Å². The Labute approximate surface area is 143 Å². The monoisotopic (exact) mass is 360 g/mol. The summed E-state index contributed by atoms with van der Waals surface area (Å²) in [6.45, 7) is 1.41. The van der Waals surface area contributed by atoms with Crippen molar-refractivity contribution in [1.82, 2.24) is 0 Å². The molecule has 2 aromatic carbocycles. The van der Waals surface area contributed by atoms with E-state index in [-0.39, 0.29) is 24.1 Å². The molecule has 0 aliphatic heterocycles. The Morgan fingerprint density at radius 3 is 1.92 bits per heavy atom. The Hall–Kier alpha value is -2.25. The maximum Gasteiger partial charge on any atom is 0.573 e. The van der Waals surface area contributed by atoms with Crippen LogP contribution in [0.25, 0.3) is 0 Å². The van der Waals surface area contributed by atoms with E-state index in [0.29, 0.717) is 11.3 Å². The van der Waals surface area contributed by atoms with E-state index in [4.69, 9.17) is 5.73 Å². The maximum absolute atomic E-state index is 12.1. The van der Waals surface area contributed by atoms with Crippen molar-refractivity contribution < 1.29 is 22.7 Å². The van der Waals surface area contributed by atoms with Crippen LogP contribution in [0.15, 0.2) is 48.5 Å². The Bertz CT molecular complexity index is 673. The van der Waals surface area contributed by atoms with Crippen LogP contribution >= 0.6 is 12.4 Å². The number of carbonyl (C=O) groups is 1. The molecule has 0 saturated carbocycles. The second-order valence-electron chi connectivity index (χ2n) is 4.90. The van der Waals surface area contributed by atoms with E-state index < -0.39 is 12.4 Å². The summed E-state index contributed by atoms with van der Waals surface area (Å²) in [5.74, 6) is -0.475. The minimum atomic E-state index is -4.72. The van der Waals surface area contributed by atoms with Crippen molar-refractivity contribution >= 4 is 24.0 Å². The fourth-order valence-corrected chi connectivity index (χ4v) is 2.05. The van der Waals surface area contributed by atoms with Gasteiger partial charge >= 0.3 is 6.36 Å². The van der Waals surface area contributed by atoms with Crippen LogP contribution in [0, 0.1) is 0 Å². The predicted octanol–water partition coefficient (Wildman–Crippen LogP) is 4.01. The van der Waals surface area contributed by atoms with E-state index in [2.05, 4.69) is 10.1 Å². The highest BCUT2D eigenvalue weighted by Gasteiger charge is 2.31.